The highest BCUT2D eigenvalue weighted by Crippen LogP contribution is 2.16. The van der Waals surface area contributed by atoms with Gasteiger partial charge in [-0.3, -0.25) is 0 Å². The van der Waals surface area contributed by atoms with Crippen molar-refractivity contribution >= 4 is 0 Å². The van der Waals surface area contributed by atoms with Crippen LogP contribution in [0.4, 0.5) is 0 Å². The molecule has 1 aliphatic heterocycles. The second-order valence-corrected chi connectivity index (χ2v) is 5.33. The number of aromatic nitrogens is 2. The van der Waals surface area contributed by atoms with E-state index in [1.54, 1.807) is 0 Å². The third-order valence-corrected chi connectivity index (χ3v) is 3.60. The summed E-state index contributed by atoms with van der Waals surface area (Å²) in [5.74, 6) is 0.935. The van der Waals surface area contributed by atoms with Crippen molar-refractivity contribution in [3.8, 4) is 0 Å². The van der Waals surface area contributed by atoms with Crippen molar-refractivity contribution in [3.63, 3.8) is 0 Å². The topological polar surface area (TPSA) is 38.2 Å². The van der Waals surface area contributed by atoms with E-state index in [1.807, 2.05) is 12.3 Å². The summed E-state index contributed by atoms with van der Waals surface area (Å²) >= 11 is 0. The molecule has 0 amide bonds. The predicted octanol–water partition coefficient (Wildman–Crippen LogP) is 2.43. The van der Waals surface area contributed by atoms with E-state index in [1.165, 1.54) is 25.7 Å². The van der Waals surface area contributed by atoms with Crippen molar-refractivity contribution in [1.82, 2.24) is 14.9 Å². The second kappa shape index (κ2) is 7.56. The van der Waals surface area contributed by atoms with Crippen molar-refractivity contribution in [2.24, 2.45) is 0 Å². The largest absolute Gasteiger partial charge is 0.378 e. The van der Waals surface area contributed by atoms with Crippen molar-refractivity contribution in [1.29, 1.82) is 0 Å². The van der Waals surface area contributed by atoms with Crippen LogP contribution in [0.25, 0.3) is 0 Å². The molecule has 1 aromatic heterocycles. The zero-order chi connectivity index (χ0) is 13.5. The van der Waals surface area contributed by atoms with Crippen LogP contribution in [0.1, 0.15) is 44.1 Å². The summed E-state index contributed by atoms with van der Waals surface area (Å²) in [6.07, 6.45) is 8.15. The molecule has 0 radical (unpaired) electrons. The summed E-state index contributed by atoms with van der Waals surface area (Å²) in [7, 11) is 2.16. The van der Waals surface area contributed by atoms with Gasteiger partial charge in [0.05, 0.1) is 11.8 Å². The van der Waals surface area contributed by atoms with Crippen LogP contribution in [0.5, 0.6) is 0 Å². The second-order valence-electron chi connectivity index (χ2n) is 5.33. The van der Waals surface area contributed by atoms with Gasteiger partial charge in [0.25, 0.3) is 0 Å². The van der Waals surface area contributed by atoms with E-state index in [-0.39, 0.29) is 0 Å². The summed E-state index contributed by atoms with van der Waals surface area (Å²) < 4.78 is 5.64. The lowest BCUT2D eigenvalue weighted by atomic mass is 10.1. The van der Waals surface area contributed by atoms with Gasteiger partial charge in [0.1, 0.15) is 5.82 Å². The molecule has 106 valence electrons. The van der Waals surface area contributed by atoms with Crippen LogP contribution in [0.3, 0.4) is 0 Å². The summed E-state index contributed by atoms with van der Waals surface area (Å²) in [5.41, 5.74) is 1.12. The molecule has 1 aliphatic rings. The first-order chi connectivity index (χ1) is 9.28. The van der Waals surface area contributed by atoms with Gasteiger partial charge in [-0.25, -0.2) is 9.97 Å². The predicted molar refractivity (Wildman–Crippen MR) is 76.0 cm³/mol. The Hall–Kier alpha value is -1.00. The van der Waals surface area contributed by atoms with Crippen LogP contribution in [-0.2, 0) is 17.7 Å². The molecule has 0 aliphatic carbocycles. The SMILES string of the molecule is CCc1nccc(CN(C)CCC[C@@H]2CCCO2)n1. The first-order valence-corrected chi connectivity index (χ1v) is 7.39. The lowest BCUT2D eigenvalue weighted by molar-refractivity contribution is 0.0995. The minimum atomic E-state index is 0.513. The molecule has 0 N–H and O–H groups in total. The van der Waals surface area contributed by atoms with Crippen LogP contribution in [-0.4, -0.2) is 41.2 Å². The summed E-state index contributed by atoms with van der Waals surface area (Å²) in [4.78, 5) is 11.1. The maximum atomic E-state index is 5.64. The molecule has 0 bridgehead atoms. The molecule has 4 heteroatoms. The highest BCUT2D eigenvalue weighted by molar-refractivity contribution is 5.02. The Kier molecular flexibility index (Phi) is 5.73. The van der Waals surface area contributed by atoms with Gasteiger partial charge in [-0.2, -0.15) is 0 Å². The lowest BCUT2D eigenvalue weighted by Gasteiger charge is -2.17. The third kappa shape index (κ3) is 4.88. The normalized spacial score (nSPS) is 19.2. The monoisotopic (exact) mass is 263 g/mol. The molecule has 2 rings (SSSR count). The van der Waals surface area contributed by atoms with E-state index < -0.39 is 0 Å². The van der Waals surface area contributed by atoms with Crippen LogP contribution in [0.2, 0.25) is 0 Å². The van der Waals surface area contributed by atoms with Crippen LogP contribution >= 0.6 is 0 Å². The summed E-state index contributed by atoms with van der Waals surface area (Å²) in [6, 6.07) is 2.01. The fraction of sp³-hybridized carbons (Fsp3) is 0.733. The van der Waals surface area contributed by atoms with Gasteiger partial charge in [0.15, 0.2) is 0 Å². The number of hydrogen-bond acceptors (Lipinski definition) is 4. The highest BCUT2D eigenvalue weighted by atomic mass is 16.5. The average molecular weight is 263 g/mol. The van der Waals surface area contributed by atoms with Gasteiger partial charge in [0.2, 0.25) is 0 Å². The Morgan fingerprint density at radius 3 is 3.11 bits per heavy atom. The molecule has 1 saturated heterocycles. The quantitative estimate of drug-likeness (QED) is 0.757. The molecule has 1 aromatic rings. The first-order valence-electron chi connectivity index (χ1n) is 7.39. The fourth-order valence-electron chi connectivity index (χ4n) is 2.52. The molecular formula is C15H25N3O. The smallest absolute Gasteiger partial charge is 0.128 e. The van der Waals surface area contributed by atoms with Crippen LogP contribution < -0.4 is 0 Å². The zero-order valence-corrected chi connectivity index (χ0v) is 12.1. The van der Waals surface area contributed by atoms with Gasteiger partial charge < -0.3 is 9.64 Å². The number of nitrogens with zero attached hydrogens (tertiary/aromatic N) is 3. The number of rotatable bonds is 7. The van der Waals surface area contributed by atoms with Gasteiger partial charge in [-0.1, -0.05) is 6.92 Å². The number of hydrogen-bond donors (Lipinski definition) is 0. The van der Waals surface area contributed by atoms with Gasteiger partial charge in [0, 0.05) is 25.8 Å². The van der Waals surface area contributed by atoms with E-state index >= 15 is 0 Å². The zero-order valence-electron chi connectivity index (χ0n) is 12.1. The van der Waals surface area contributed by atoms with Crippen LogP contribution in [0.15, 0.2) is 12.3 Å². The van der Waals surface area contributed by atoms with E-state index in [0.29, 0.717) is 6.10 Å². The third-order valence-electron chi connectivity index (χ3n) is 3.60. The van der Waals surface area contributed by atoms with Crippen molar-refractivity contribution in [2.75, 3.05) is 20.2 Å². The Balaban J connectivity index is 1.69. The molecule has 0 unspecified atom stereocenters. The molecule has 19 heavy (non-hydrogen) atoms. The Morgan fingerprint density at radius 2 is 2.37 bits per heavy atom. The Bertz CT molecular complexity index is 377. The first kappa shape index (κ1) is 14.4. The molecule has 0 aromatic carbocycles. The minimum Gasteiger partial charge on any atom is -0.378 e. The van der Waals surface area contributed by atoms with Gasteiger partial charge in [-0.05, 0) is 45.3 Å². The summed E-state index contributed by atoms with van der Waals surface area (Å²) in [6.45, 7) is 5.05. The molecule has 0 spiro atoms. The lowest BCUT2D eigenvalue weighted by Crippen LogP contribution is -2.21. The molecule has 0 saturated carbocycles. The van der Waals surface area contributed by atoms with E-state index in [9.17, 15) is 0 Å². The molecule has 2 heterocycles. The van der Waals surface area contributed by atoms with E-state index in [4.69, 9.17) is 4.74 Å². The van der Waals surface area contributed by atoms with E-state index in [0.717, 1.165) is 37.6 Å². The molecule has 1 atom stereocenters. The minimum absolute atomic E-state index is 0.513. The molecule has 4 nitrogen and oxygen atoms in total. The van der Waals surface area contributed by atoms with Crippen molar-refractivity contribution in [2.45, 2.75) is 51.7 Å². The summed E-state index contributed by atoms with van der Waals surface area (Å²) in [5, 5.41) is 0. The standard InChI is InChI=1S/C15H25N3O/c1-3-15-16-9-8-13(17-15)12-18(2)10-4-6-14-7-5-11-19-14/h8-9,14H,3-7,10-12H2,1-2H3/t14-/m1/s1. The fourth-order valence-corrected chi connectivity index (χ4v) is 2.52. The average Bonchev–Trinajstić information content (AvgIpc) is 2.92. The van der Waals surface area contributed by atoms with Gasteiger partial charge >= 0.3 is 0 Å². The Labute approximate surface area is 116 Å². The van der Waals surface area contributed by atoms with E-state index in [2.05, 4.69) is 28.8 Å². The van der Waals surface area contributed by atoms with Gasteiger partial charge in [-0.15, -0.1) is 0 Å². The maximum Gasteiger partial charge on any atom is 0.128 e. The van der Waals surface area contributed by atoms with Crippen molar-refractivity contribution < 1.29 is 4.74 Å². The molecular weight excluding hydrogens is 238 g/mol. The highest BCUT2D eigenvalue weighted by Gasteiger charge is 2.15. The van der Waals surface area contributed by atoms with Crippen LogP contribution in [0, 0.1) is 0 Å². The Morgan fingerprint density at radius 1 is 1.47 bits per heavy atom. The number of ether oxygens (including phenoxy) is 1. The number of aryl methyl sites for hydroxylation is 1. The van der Waals surface area contributed by atoms with Crippen molar-refractivity contribution in [3.05, 3.63) is 23.8 Å². The molecule has 1 fully saturated rings. The maximum absolute atomic E-state index is 5.64.